The molecule has 0 aliphatic rings. The first-order valence-electron chi connectivity index (χ1n) is 8.79. The molecule has 0 saturated carbocycles. The van der Waals surface area contributed by atoms with Crippen molar-refractivity contribution in [1.82, 2.24) is 5.32 Å². The third-order valence-electron chi connectivity index (χ3n) is 3.75. The molecule has 0 spiro atoms. The Balaban J connectivity index is 2.10. The fraction of sp³-hybridized carbons (Fsp3) is 0.190. The van der Waals surface area contributed by atoms with Gasteiger partial charge in [0.05, 0.1) is 5.56 Å². The smallest absolute Gasteiger partial charge is 0.416 e. The van der Waals surface area contributed by atoms with Crippen molar-refractivity contribution < 1.29 is 32.3 Å². The summed E-state index contributed by atoms with van der Waals surface area (Å²) in [6.45, 7) is 2.46. The van der Waals surface area contributed by atoms with Crippen molar-refractivity contribution in [2.45, 2.75) is 26.1 Å². The first-order chi connectivity index (χ1) is 14.1. The molecule has 2 rings (SSSR count). The number of ether oxygens (including phenoxy) is 1. The molecule has 0 saturated heterocycles. The molecule has 0 aliphatic carbocycles. The highest BCUT2D eigenvalue weighted by Gasteiger charge is 2.30. The summed E-state index contributed by atoms with van der Waals surface area (Å²) in [5.41, 5.74) is -0.602. The number of anilines is 1. The Kier molecular flexibility index (Phi) is 7.35. The number of amides is 2. The van der Waals surface area contributed by atoms with Crippen LogP contribution in [0.4, 0.5) is 18.9 Å². The molecule has 9 heteroatoms. The van der Waals surface area contributed by atoms with E-state index in [9.17, 15) is 27.6 Å². The maximum atomic E-state index is 12.8. The van der Waals surface area contributed by atoms with Crippen LogP contribution < -0.4 is 10.6 Å². The van der Waals surface area contributed by atoms with Gasteiger partial charge in [0.1, 0.15) is 5.70 Å². The summed E-state index contributed by atoms with van der Waals surface area (Å²) in [5.74, 6) is -2.32. The Morgan fingerprint density at radius 3 is 2.30 bits per heavy atom. The first-order valence-corrected chi connectivity index (χ1v) is 8.79. The van der Waals surface area contributed by atoms with E-state index in [0.29, 0.717) is 5.56 Å². The molecule has 2 aromatic carbocycles. The molecule has 0 aliphatic heterocycles. The largest absolute Gasteiger partial charge is 0.448 e. The number of alkyl halides is 3. The molecule has 0 bridgehead atoms. The summed E-state index contributed by atoms with van der Waals surface area (Å²) in [6, 6.07) is 12.7. The quantitative estimate of drug-likeness (QED) is 0.551. The zero-order valence-corrected chi connectivity index (χ0v) is 16.1. The van der Waals surface area contributed by atoms with Crippen LogP contribution in [0.2, 0.25) is 0 Å². The zero-order valence-electron chi connectivity index (χ0n) is 16.1. The van der Waals surface area contributed by atoms with Crippen LogP contribution in [0, 0.1) is 0 Å². The Morgan fingerprint density at radius 2 is 1.70 bits per heavy atom. The lowest BCUT2D eigenvalue weighted by atomic mass is 10.2. The van der Waals surface area contributed by atoms with Gasteiger partial charge >= 0.3 is 12.1 Å². The summed E-state index contributed by atoms with van der Waals surface area (Å²) in [5, 5.41) is 4.60. The topological polar surface area (TPSA) is 84.5 Å². The number of nitrogens with one attached hydrogen (secondary N) is 2. The van der Waals surface area contributed by atoms with E-state index in [-0.39, 0.29) is 11.4 Å². The average Bonchev–Trinajstić information content (AvgIpc) is 2.67. The van der Waals surface area contributed by atoms with E-state index in [2.05, 4.69) is 10.6 Å². The standard InChI is InChI=1S/C21H19F3N2O4/c1-13(19(28)26-17-10-6-9-16(12-17)21(22,23)24)30-20(29)18(25-14(2)27)11-15-7-4-3-5-8-15/h3-13H,1-2H3,(H,25,27)(H,26,28)/b18-11-. The Morgan fingerprint density at radius 1 is 1.03 bits per heavy atom. The van der Waals surface area contributed by atoms with Gasteiger partial charge < -0.3 is 15.4 Å². The van der Waals surface area contributed by atoms with Crippen LogP contribution in [0.1, 0.15) is 25.0 Å². The number of carbonyl (C=O) groups excluding carboxylic acids is 3. The lowest BCUT2D eigenvalue weighted by Gasteiger charge is -2.16. The molecular formula is C21H19F3N2O4. The molecule has 0 fully saturated rings. The van der Waals surface area contributed by atoms with Crippen molar-refractivity contribution in [2.24, 2.45) is 0 Å². The van der Waals surface area contributed by atoms with Gasteiger partial charge in [0.25, 0.3) is 5.91 Å². The van der Waals surface area contributed by atoms with Crippen molar-refractivity contribution in [2.75, 3.05) is 5.32 Å². The van der Waals surface area contributed by atoms with Crippen molar-refractivity contribution in [3.05, 3.63) is 71.4 Å². The van der Waals surface area contributed by atoms with Crippen LogP contribution in [0.15, 0.2) is 60.3 Å². The molecule has 2 N–H and O–H groups in total. The molecule has 2 aromatic rings. The predicted molar refractivity (Wildman–Crippen MR) is 104 cm³/mol. The second-order valence-electron chi connectivity index (χ2n) is 6.27. The van der Waals surface area contributed by atoms with E-state index < -0.39 is 35.6 Å². The summed E-state index contributed by atoms with van der Waals surface area (Å²) >= 11 is 0. The molecule has 1 unspecified atom stereocenters. The van der Waals surface area contributed by atoms with Crippen molar-refractivity contribution >= 4 is 29.5 Å². The molecule has 0 radical (unpaired) electrons. The van der Waals surface area contributed by atoms with E-state index in [1.807, 2.05) is 0 Å². The molecule has 2 amide bonds. The summed E-state index contributed by atoms with van der Waals surface area (Å²) in [7, 11) is 0. The number of rotatable bonds is 6. The van der Waals surface area contributed by atoms with E-state index in [1.165, 1.54) is 26.0 Å². The van der Waals surface area contributed by atoms with Gasteiger partial charge in [-0.05, 0) is 36.8 Å². The van der Waals surface area contributed by atoms with Gasteiger partial charge in [0.15, 0.2) is 6.10 Å². The van der Waals surface area contributed by atoms with Gasteiger partial charge in [-0.1, -0.05) is 36.4 Å². The second-order valence-corrected chi connectivity index (χ2v) is 6.27. The first kappa shape index (κ1) is 22.7. The van der Waals surface area contributed by atoms with Crippen molar-refractivity contribution in [3.8, 4) is 0 Å². The predicted octanol–water partition coefficient (Wildman–Crippen LogP) is 3.75. The second kappa shape index (κ2) is 9.73. The molecule has 0 aromatic heterocycles. The summed E-state index contributed by atoms with van der Waals surface area (Å²) in [4.78, 5) is 36.0. The number of esters is 1. The number of benzene rings is 2. The number of hydrogen-bond donors (Lipinski definition) is 2. The van der Waals surface area contributed by atoms with Crippen molar-refractivity contribution in [3.63, 3.8) is 0 Å². The number of hydrogen-bond acceptors (Lipinski definition) is 4. The van der Waals surface area contributed by atoms with E-state index in [0.717, 1.165) is 18.2 Å². The Hall–Kier alpha value is -3.62. The Labute approximate surface area is 170 Å². The fourth-order valence-electron chi connectivity index (χ4n) is 2.35. The van der Waals surface area contributed by atoms with Gasteiger partial charge in [-0.25, -0.2) is 4.79 Å². The highest BCUT2D eigenvalue weighted by Crippen LogP contribution is 2.30. The van der Waals surface area contributed by atoms with Crippen molar-refractivity contribution in [1.29, 1.82) is 0 Å². The van der Waals surface area contributed by atoms with Crippen LogP contribution in [-0.4, -0.2) is 23.9 Å². The minimum absolute atomic E-state index is 0.0976. The van der Waals surface area contributed by atoms with E-state index in [1.54, 1.807) is 30.3 Å². The van der Waals surface area contributed by atoms with E-state index in [4.69, 9.17) is 4.74 Å². The maximum Gasteiger partial charge on any atom is 0.416 e. The van der Waals surface area contributed by atoms with E-state index >= 15 is 0 Å². The lowest BCUT2D eigenvalue weighted by Crippen LogP contribution is -2.33. The average molecular weight is 420 g/mol. The molecule has 1 atom stereocenters. The maximum absolute atomic E-state index is 12.8. The Bertz CT molecular complexity index is 956. The van der Waals surface area contributed by atoms with Crippen LogP contribution in [0.25, 0.3) is 6.08 Å². The minimum Gasteiger partial charge on any atom is -0.448 e. The molecule has 158 valence electrons. The summed E-state index contributed by atoms with van der Waals surface area (Å²) in [6.07, 6.45) is -4.52. The molecule has 30 heavy (non-hydrogen) atoms. The van der Waals surface area contributed by atoms with Crippen LogP contribution in [-0.2, 0) is 25.3 Å². The fourth-order valence-corrected chi connectivity index (χ4v) is 2.35. The van der Waals surface area contributed by atoms with Gasteiger partial charge in [0, 0.05) is 12.6 Å². The molecule has 6 nitrogen and oxygen atoms in total. The lowest BCUT2D eigenvalue weighted by molar-refractivity contribution is -0.149. The van der Waals surface area contributed by atoms with Gasteiger partial charge in [-0.2, -0.15) is 13.2 Å². The van der Waals surface area contributed by atoms with Crippen LogP contribution in [0.5, 0.6) is 0 Å². The number of halogens is 3. The third-order valence-corrected chi connectivity index (χ3v) is 3.75. The zero-order chi connectivity index (χ0) is 22.3. The van der Waals surface area contributed by atoms with Gasteiger partial charge in [-0.15, -0.1) is 0 Å². The third kappa shape index (κ3) is 6.77. The normalized spacial score (nSPS) is 12.6. The van der Waals surface area contributed by atoms with Crippen LogP contribution in [0.3, 0.4) is 0 Å². The molecule has 0 heterocycles. The highest BCUT2D eigenvalue weighted by atomic mass is 19.4. The van der Waals surface area contributed by atoms with Gasteiger partial charge in [0.2, 0.25) is 5.91 Å². The van der Waals surface area contributed by atoms with Crippen LogP contribution >= 0.6 is 0 Å². The van der Waals surface area contributed by atoms with Gasteiger partial charge in [-0.3, -0.25) is 9.59 Å². The number of carbonyl (C=O) groups is 3. The summed E-state index contributed by atoms with van der Waals surface area (Å²) < 4.78 is 43.4. The minimum atomic E-state index is -4.56. The SMILES string of the molecule is CC(=O)N/C(=C\c1ccccc1)C(=O)OC(C)C(=O)Nc1cccc(C(F)(F)F)c1. The monoisotopic (exact) mass is 420 g/mol. The highest BCUT2D eigenvalue weighted by molar-refractivity contribution is 6.00. The molecular weight excluding hydrogens is 401 g/mol.